The molecular weight excluding hydrogens is 210 g/mol. The first-order valence-corrected chi connectivity index (χ1v) is 6.32. The Morgan fingerprint density at radius 2 is 1.82 bits per heavy atom. The van der Waals surface area contributed by atoms with Gasteiger partial charge < -0.3 is 4.74 Å². The third-order valence-corrected chi connectivity index (χ3v) is 3.82. The summed E-state index contributed by atoms with van der Waals surface area (Å²) in [5.74, 6) is 0.544. The van der Waals surface area contributed by atoms with E-state index in [9.17, 15) is 5.26 Å². The van der Waals surface area contributed by atoms with Crippen LogP contribution >= 0.6 is 0 Å². The first-order valence-electron chi connectivity index (χ1n) is 6.32. The number of benzene rings is 1. The normalized spacial score (nSPS) is 26.1. The number of hydrogen-bond acceptors (Lipinski definition) is 2. The fraction of sp³-hybridized carbons (Fsp3) is 0.533. The van der Waals surface area contributed by atoms with Gasteiger partial charge in [0.15, 0.2) is 0 Å². The number of rotatable bonds is 3. The summed E-state index contributed by atoms with van der Waals surface area (Å²) in [4.78, 5) is 0. The van der Waals surface area contributed by atoms with Crippen molar-refractivity contribution in [2.24, 2.45) is 5.92 Å². The molecule has 17 heavy (non-hydrogen) atoms. The maximum atomic E-state index is 9.37. The van der Waals surface area contributed by atoms with E-state index in [0.717, 1.165) is 31.2 Å². The molecule has 1 unspecified atom stereocenters. The van der Waals surface area contributed by atoms with E-state index < -0.39 is 0 Å². The zero-order valence-electron chi connectivity index (χ0n) is 10.3. The zero-order chi connectivity index (χ0) is 12.1. The molecule has 0 N–H and O–H groups in total. The lowest BCUT2D eigenvalue weighted by Gasteiger charge is -2.30. The lowest BCUT2D eigenvalue weighted by atomic mass is 9.77. The van der Waals surface area contributed by atoms with E-state index in [-0.39, 0.29) is 5.92 Å². The monoisotopic (exact) mass is 229 g/mol. The molecule has 1 aromatic carbocycles. The van der Waals surface area contributed by atoms with Gasteiger partial charge >= 0.3 is 0 Å². The van der Waals surface area contributed by atoms with Crippen LogP contribution in [0.3, 0.4) is 0 Å². The fourth-order valence-corrected chi connectivity index (χ4v) is 2.77. The molecule has 2 rings (SSSR count). The highest BCUT2D eigenvalue weighted by Crippen LogP contribution is 2.36. The lowest BCUT2D eigenvalue weighted by molar-refractivity contribution is 0.0550. The summed E-state index contributed by atoms with van der Waals surface area (Å²) < 4.78 is 5.38. The lowest BCUT2D eigenvalue weighted by Crippen LogP contribution is -2.24. The zero-order valence-corrected chi connectivity index (χ0v) is 10.3. The topological polar surface area (TPSA) is 33.0 Å². The van der Waals surface area contributed by atoms with Crippen molar-refractivity contribution in [1.82, 2.24) is 0 Å². The molecule has 1 aliphatic rings. The van der Waals surface area contributed by atoms with Crippen molar-refractivity contribution < 1.29 is 4.74 Å². The molecule has 2 heteroatoms. The van der Waals surface area contributed by atoms with Crippen LogP contribution in [0.25, 0.3) is 0 Å². The van der Waals surface area contributed by atoms with E-state index in [2.05, 4.69) is 18.2 Å². The molecule has 0 bridgehead atoms. The first-order chi connectivity index (χ1) is 8.35. The molecular formula is C15H19NO. The summed E-state index contributed by atoms with van der Waals surface area (Å²) in [5, 5.41) is 9.37. The maximum Gasteiger partial charge on any atom is 0.0740 e. The molecule has 1 aromatic rings. The van der Waals surface area contributed by atoms with Crippen LogP contribution in [0.4, 0.5) is 0 Å². The molecule has 0 aliphatic heterocycles. The summed E-state index contributed by atoms with van der Waals surface area (Å²) >= 11 is 0. The molecule has 0 aromatic heterocycles. The van der Waals surface area contributed by atoms with Gasteiger partial charge in [-0.05, 0) is 37.2 Å². The minimum Gasteiger partial charge on any atom is -0.381 e. The van der Waals surface area contributed by atoms with E-state index in [1.165, 1.54) is 0 Å². The average molecular weight is 229 g/mol. The Bertz CT molecular complexity index is 374. The maximum absolute atomic E-state index is 9.37. The predicted octanol–water partition coefficient (Wildman–Crippen LogP) is 3.50. The quantitative estimate of drug-likeness (QED) is 0.794. The number of nitrogens with zero attached hydrogens (tertiary/aromatic N) is 1. The van der Waals surface area contributed by atoms with Gasteiger partial charge in [-0.1, -0.05) is 30.3 Å². The second-order valence-corrected chi connectivity index (χ2v) is 4.79. The summed E-state index contributed by atoms with van der Waals surface area (Å²) in [6, 6.07) is 12.6. The summed E-state index contributed by atoms with van der Waals surface area (Å²) in [7, 11) is 1.78. The third-order valence-electron chi connectivity index (χ3n) is 3.82. The Labute approximate surface area is 103 Å². The Morgan fingerprint density at radius 1 is 1.18 bits per heavy atom. The molecule has 1 saturated carbocycles. The van der Waals surface area contributed by atoms with Gasteiger partial charge in [0.25, 0.3) is 0 Å². The Morgan fingerprint density at radius 3 is 2.35 bits per heavy atom. The molecule has 0 spiro atoms. The van der Waals surface area contributed by atoms with Crippen molar-refractivity contribution in [3.8, 4) is 6.07 Å². The average Bonchev–Trinajstić information content (AvgIpc) is 2.42. The highest BCUT2D eigenvalue weighted by atomic mass is 16.5. The molecule has 1 atom stereocenters. The van der Waals surface area contributed by atoms with E-state index in [4.69, 9.17) is 4.74 Å². The number of nitriles is 1. The van der Waals surface area contributed by atoms with Gasteiger partial charge in [-0.3, -0.25) is 0 Å². The van der Waals surface area contributed by atoms with Crippen molar-refractivity contribution in [3.63, 3.8) is 0 Å². The van der Waals surface area contributed by atoms with Crippen LogP contribution in [0.1, 0.15) is 37.2 Å². The smallest absolute Gasteiger partial charge is 0.0740 e. The number of methoxy groups -OCH3 is 1. The van der Waals surface area contributed by atoms with Gasteiger partial charge in [0.1, 0.15) is 0 Å². The SMILES string of the molecule is COC1CCC(C(C#N)c2ccccc2)CC1. The summed E-state index contributed by atoms with van der Waals surface area (Å²) in [5.41, 5.74) is 1.16. The molecule has 1 aliphatic carbocycles. The minimum absolute atomic E-state index is 0.0500. The third kappa shape index (κ3) is 2.87. The molecule has 1 fully saturated rings. The highest BCUT2D eigenvalue weighted by Gasteiger charge is 2.28. The molecule has 90 valence electrons. The van der Waals surface area contributed by atoms with Crippen LogP contribution in [0.5, 0.6) is 0 Å². The minimum atomic E-state index is 0.0500. The van der Waals surface area contributed by atoms with Gasteiger partial charge in [-0.2, -0.15) is 5.26 Å². The number of hydrogen-bond donors (Lipinski definition) is 0. The first kappa shape index (κ1) is 12.1. The van der Waals surface area contributed by atoms with E-state index in [1.54, 1.807) is 7.11 Å². The highest BCUT2D eigenvalue weighted by molar-refractivity contribution is 5.25. The summed E-state index contributed by atoms with van der Waals surface area (Å²) in [6.07, 6.45) is 4.79. The van der Waals surface area contributed by atoms with E-state index in [1.807, 2.05) is 18.2 Å². The van der Waals surface area contributed by atoms with Crippen molar-refractivity contribution >= 4 is 0 Å². The Kier molecular flexibility index (Phi) is 4.17. The Hall–Kier alpha value is -1.33. The largest absolute Gasteiger partial charge is 0.381 e. The van der Waals surface area contributed by atoms with Crippen LogP contribution < -0.4 is 0 Å². The van der Waals surface area contributed by atoms with E-state index in [0.29, 0.717) is 12.0 Å². The van der Waals surface area contributed by atoms with Crippen LogP contribution in [0, 0.1) is 17.2 Å². The van der Waals surface area contributed by atoms with Gasteiger partial charge in [0, 0.05) is 7.11 Å². The molecule has 0 saturated heterocycles. The molecule has 0 radical (unpaired) electrons. The van der Waals surface area contributed by atoms with Gasteiger partial charge in [-0.25, -0.2) is 0 Å². The van der Waals surface area contributed by atoms with Gasteiger partial charge in [-0.15, -0.1) is 0 Å². The second kappa shape index (κ2) is 5.84. The predicted molar refractivity (Wildman–Crippen MR) is 67.6 cm³/mol. The van der Waals surface area contributed by atoms with Crippen LogP contribution in [0.2, 0.25) is 0 Å². The van der Waals surface area contributed by atoms with Crippen molar-refractivity contribution in [2.75, 3.05) is 7.11 Å². The second-order valence-electron chi connectivity index (χ2n) is 4.79. The fourth-order valence-electron chi connectivity index (χ4n) is 2.77. The molecule has 0 amide bonds. The van der Waals surface area contributed by atoms with E-state index >= 15 is 0 Å². The van der Waals surface area contributed by atoms with Crippen molar-refractivity contribution in [2.45, 2.75) is 37.7 Å². The van der Waals surface area contributed by atoms with Crippen LogP contribution in [-0.2, 0) is 4.74 Å². The van der Waals surface area contributed by atoms with Gasteiger partial charge in [0.05, 0.1) is 18.1 Å². The number of ether oxygens (including phenoxy) is 1. The van der Waals surface area contributed by atoms with Crippen molar-refractivity contribution in [3.05, 3.63) is 35.9 Å². The Balaban J connectivity index is 2.04. The summed E-state index contributed by atoms with van der Waals surface area (Å²) in [6.45, 7) is 0. The van der Waals surface area contributed by atoms with Crippen LogP contribution in [0.15, 0.2) is 30.3 Å². The van der Waals surface area contributed by atoms with Crippen molar-refractivity contribution in [1.29, 1.82) is 5.26 Å². The van der Waals surface area contributed by atoms with Gasteiger partial charge in [0.2, 0.25) is 0 Å². The standard InChI is InChI=1S/C15H19NO/c1-17-14-9-7-13(8-10-14)15(11-16)12-5-3-2-4-6-12/h2-6,13-15H,7-10H2,1H3. The molecule has 0 heterocycles. The molecule has 2 nitrogen and oxygen atoms in total. The van der Waals surface area contributed by atoms with Crippen LogP contribution in [-0.4, -0.2) is 13.2 Å².